The summed E-state index contributed by atoms with van der Waals surface area (Å²) >= 11 is 7.26. The van der Waals surface area contributed by atoms with Crippen LogP contribution in [-0.4, -0.2) is 64.4 Å². The fraction of sp³-hybridized carbons (Fsp3) is 0.417. The summed E-state index contributed by atoms with van der Waals surface area (Å²) in [4.78, 5) is 47.1. The lowest BCUT2D eigenvalue weighted by Gasteiger charge is -2.32. The van der Waals surface area contributed by atoms with Gasteiger partial charge in [0.1, 0.15) is 5.82 Å². The molecule has 1 N–H and O–H groups in total. The van der Waals surface area contributed by atoms with Crippen LogP contribution in [0.15, 0.2) is 47.5 Å². The number of amides is 3. The number of hydrogen-bond donors (Lipinski definition) is 1. The van der Waals surface area contributed by atoms with Crippen LogP contribution in [0.1, 0.15) is 36.0 Å². The van der Waals surface area contributed by atoms with Crippen molar-refractivity contribution < 1.29 is 14.4 Å². The van der Waals surface area contributed by atoms with Gasteiger partial charge >= 0.3 is 0 Å². The second-order valence-electron chi connectivity index (χ2n) is 8.31. The van der Waals surface area contributed by atoms with Gasteiger partial charge in [0.05, 0.1) is 22.3 Å². The molecule has 1 unspecified atom stereocenters. The lowest BCUT2D eigenvalue weighted by molar-refractivity contribution is -0.127. The van der Waals surface area contributed by atoms with Gasteiger partial charge in [0.2, 0.25) is 11.8 Å². The summed E-state index contributed by atoms with van der Waals surface area (Å²) in [5.41, 5.74) is 0.581. The molecule has 7 nitrogen and oxygen atoms in total. The van der Waals surface area contributed by atoms with E-state index in [0.29, 0.717) is 41.7 Å². The monoisotopic (exact) mass is 486 g/mol. The molecule has 2 saturated heterocycles. The molecule has 2 aliphatic heterocycles. The maximum absolute atomic E-state index is 13.3. The molecule has 0 aliphatic carbocycles. The van der Waals surface area contributed by atoms with E-state index < -0.39 is 0 Å². The lowest BCUT2D eigenvalue weighted by atomic mass is 9.96. The van der Waals surface area contributed by atoms with E-state index in [1.807, 2.05) is 23.1 Å². The maximum Gasteiger partial charge on any atom is 0.255 e. The number of thioether (sulfide) groups is 1. The largest absolute Gasteiger partial charge is 0.342 e. The summed E-state index contributed by atoms with van der Waals surface area (Å²) in [5.74, 6) is 0.318. The highest BCUT2D eigenvalue weighted by atomic mass is 35.5. The number of benzene rings is 1. The number of piperidine rings is 1. The predicted octanol–water partition coefficient (Wildman–Crippen LogP) is 3.94. The first kappa shape index (κ1) is 23.6. The number of carbonyl (C=O) groups is 3. The van der Waals surface area contributed by atoms with Crippen molar-refractivity contribution in [2.45, 2.75) is 30.6 Å². The molecule has 9 heteroatoms. The minimum absolute atomic E-state index is 0.103. The summed E-state index contributed by atoms with van der Waals surface area (Å²) in [7, 11) is 0. The van der Waals surface area contributed by atoms with E-state index in [1.54, 1.807) is 23.1 Å². The average Bonchev–Trinajstić information content (AvgIpc) is 3.39. The first-order chi connectivity index (χ1) is 16.0. The molecule has 1 aromatic heterocycles. The predicted molar refractivity (Wildman–Crippen MR) is 129 cm³/mol. The number of carbonyl (C=O) groups excluding carboxylic acids is 3. The molecule has 0 spiro atoms. The molecule has 33 heavy (non-hydrogen) atoms. The van der Waals surface area contributed by atoms with Crippen molar-refractivity contribution in [1.29, 1.82) is 0 Å². The van der Waals surface area contributed by atoms with Gasteiger partial charge in [-0.1, -0.05) is 23.7 Å². The van der Waals surface area contributed by atoms with Crippen LogP contribution >= 0.6 is 23.4 Å². The van der Waals surface area contributed by atoms with Gasteiger partial charge in [-0.2, -0.15) is 0 Å². The Hall–Kier alpha value is -2.58. The van der Waals surface area contributed by atoms with Crippen LogP contribution in [0.4, 0.5) is 5.82 Å². The van der Waals surface area contributed by atoms with Crippen molar-refractivity contribution in [3.05, 3.63) is 53.2 Å². The first-order valence-electron chi connectivity index (χ1n) is 11.2. The van der Waals surface area contributed by atoms with Crippen LogP contribution < -0.4 is 5.32 Å². The Morgan fingerprint density at radius 1 is 1.03 bits per heavy atom. The van der Waals surface area contributed by atoms with Gasteiger partial charge in [-0.15, -0.1) is 11.8 Å². The zero-order chi connectivity index (χ0) is 23.2. The van der Waals surface area contributed by atoms with Crippen LogP contribution in [0.5, 0.6) is 0 Å². The summed E-state index contributed by atoms with van der Waals surface area (Å²) in [6.07, 6.45) is 5.06. The first-order valence-corrected chi connectivity index (χ1v) is 12.6. The maximum atomic E-state index is 13.3. The fourth-order valence-electron chi connectivity index (χ4n) is 4.19. The standard InChI is InChI=1S/C24H27ClN4O3S/c25-18-9-10-21(26-14-18)27-23(31)17-6-5-13-29(15-17)24(32)19-7-1-2-8-20(19)33-16-22(30)28-11-3-4-12-28/h1-2,7-10,14,17H,3-6,11-13,15-16H2,(H,26,27,31). The Kier molecular flexibility index (Phi) is 7.88. The zero-order valence-electron chi connectivity index (χ0n) is 18.3. The highest BCUT2D eigenvalue weighted by Gasteiger charge is 2.30. The van der Waals surface area contributed by atoms with Crippen LogP contribution in [0, 0.1) is 5.92 Å². The third kappa shape index (κ3) is 6.06. The molecule has 0 saturated carbocycles. The number of aromatic nitrogens is 1. The molecular weight excluding hydrogens is 460 g/mol. The van der Waals surface area contributed by atoms with E-state index in [1.165, 1.54) is 18.0 Å². The van der Waals surface area contributed by atoms with Crippen LogP contribution in [0.2, 0.25) is 5.02 Å². The summed E-state index contributed by atoms with van der Waals surface area (Å²) in [5, 5.41) is 3.32. The molecular formula is C24H27ClN4O3S. The second kappa shape index (κ2) is 11.0. The number of anilines is 1. The summed E-state index contributed by atoms with van der Waals surface area (Å²) in [6, 6.07) is 10.7. The van der Waals surface area contributed by atoms with Crippen molar-refractivity contribution in [1.82, 2.24) is 14.8 Å². The van der Waals surface area contributed by atoms with Gasteiger partial charge < -0.3 is 15.1 Å². The van der Waals surface area contributed by atoms with Gasteiger partial charge in [0.25, 0.3) is 5.91 Å². The molecule has 0 bridgehead atoms. The fourth-order valence-corrected chi connectivity index (χ4v) is 5.25. The molecule has 2 aromatic rings. The highest BCUT2D eigenvalue weighted by Crippen LogP contribution is 2.27. The number of hydrogen-bond acceptors (Lipinski definition) is 5. The number of likely N-dealkylation sites (tertiary alicyclic amines) is 2. The van der Waals surface area contributed by atoms with Crippen LogP contribution in [0.3, 0.4) is 0 Å². The molecule has 4 rings (SSSR count). The quantitative estimate of drug-likeness (QED) is 0.625. The van der Waals surface area contributed by atoms with Gasteiger partial charge in [0.15, 0.2) is 0 Å². The Balaban J connectivity index is 1.38. The zero-order valence-corrected chi connectivity index (χ0v) is 19.9. The molecule has 3 heterocycles. The number of nitrogens with zero attached hydrogens (tertiary/aromatic N) is 3. The molecule has 3 amide bonds. The summed E-state index contributed by atoms with van der Waals surface area (Å²) < 4.78 is 0. The Labute approximate surface area is 202 Å². The van der Waals surface area contributed by atoms with E-state index in [9.17, 15) is 14.4 Å². The van der Waals surface area contributed by atoms with Gasteiger partial charge in [-0.25, -0.2) is 4.98 Å². The van der Waals surface area contributed by atoms with Gasteiger partial charge in [-0.05, 0) is 49.9 Å². The Morgan fingerprint density at radius 3 is 2.55 bits per heavy atom. The SMILES string of the molecule is O=C(Nc1ccc(Cl)cn1)C1CCCN(C(=O)c2ccccc2SCC(=O)N2CCCC2)C1. The summed E-state index contributed by atoms with van der Waals surface area (Å²) in [6.45, 7) is 2.60. The number of pyridine rings is 1. The number of nitrogens with one attached hydrogen (secondary N) is 1. The molecule has 1 aromatic carbocycles. The molecule has 2 fully saturated rings. The van der Waals surface area contributed by atoms with E-state index in [4.69, 9.17) is 11.6 Å². The molecule has 174 valence electrons. The van der Waals surface area contributed by atoms with Crippen molar-refractivity contribution in [2.75, 3.05) is 37.2 Å². The smallest absolute Gasteiger partial charge is 0.255 e. The van der Waals surface area contributed by atoms with Crippen molar-refractivity contribution in [2.24, 2.45) is 5.92 Å². The molecule has 0 radical (unpaired) electrons. The third-order valence-corrected chi connectivity index (χ3v) is 7.27. The number of rotatable bonds is 6. The van der Waals surface area contributed by atoms with E-state index in [2.05, 4.69) is 10.3 Å². The lowest BCUT2D eigenvalue weighted by Crippen LogP contribution is -2.44. The van der Waals surface area contributed by atoms with Crippen LogP contribution in [0.25, 0.3) is 0 Å². The average molecular weight is 487 g/mol. The van der Waals surface area contributed by atoms with Crippen molar-refractivity contribution >= 4 is 46.9 Å². The van der Waals surface area contributed by atoms with Crippen molar-refractivity contribution in [3.63, 3.8) is 0 Å². The normalized spacial score (nSPS) is 18.3. The molecule has 2 aliphatic rings. The Bertz CT molecular complexity index is 1010. The topological polar surface area (TPSA) is 82.6 Å². The number of halogens is 1. The third-order valence-electron chi connectivity index (χ3n) is 5.99. The minimum Gasteiger partial charge on any atom is -0.342 e. The second-order valence-corrected chi connectivity index (χ2v) is 9.77. The minimum atomic E-state index is -0.309. The van der Waals surface area contributed by atoms with E-state index in [0.717, 1.165) is 37.2 Å². The van der Waals surface area contributed by atoms with Crippen LogP contribution in [-0.2, 0) is 9.59 Å². The van der Waals surface area contributed by atoms with E-state index in [-0.39, 0.29) is 23.6 Å². The van der Waals surface area contributed by atoms with E-state index >= 15 is 0 Å². The molecule has 1 atom stereocenters. The van der Waals surface area contributed by atoms with Gasteiger partial charge in [-0.3, -0.25) is 14.4 Å². The highest BCUT2D eigenvalue weighted by molar-refractivity contribution is 8.00. The van der Waals surface area contributed by atoms with Gasteiger partial charge in [0, 0.05) is 37.3 Å². The van der Waals surface area contributed by atoms with Crippen molar-refractivity contribution in [3.8, 4) is 0 Å². The Morgan fingerprint density at radius 2 is 1.79 bits per heavy atom.